The van der Waals surface area contributed by atoms with Gasteiger partial charge in [-0.15, -0.1) is 0 Å². The first-order chi connectivity index (χ1) is 7.49. The van der Waals surface area contributed by atoms with Crippen molar-refractivity contribution in [1.29, 1.82) is 0 Å². The molecule has 0 aromatic carbocycles. The lowest BCUT2D eigenvalue weighted by Crippen LogP contribution is -2.43. The standard InChI is InChI=1S/C9H14N2O.C2H4O2/c1-10-8-3-5-9(7-12,11-2)6-4-8;1-2(3)4/h3-5,7,10-11H,6H2,1-2H3;1H3,(H,3,4). The lowest BCUT2D eigenvalue weighted by molar-refractivity contribution is -0.134. The van der Waals surface area contributed by atoms with Crippen molar-refractivity contribution in [3.05, 3.63) is 23.9 Å². The largest absolute Gasteiger partial charge is 0.481 e. The Morgan fingerprint density at radius 1 is 1.56 bits per heavy atom. The average Bonchev–Trinajstić information content (AvgIpc) is 2.28. The third kappa shape index (κ3) is 4.75. The molecular formula is C11H18N2O3. The fraction of sp³-hybridized carbons (Fsp3) is 0.455. The molecule has 1 rings (SSSR count). The van der Waals surface area contributed by atoms with Crippen LogP contribution < -0.4 is 10.6 Å². The van der Waals surface area contributed by atoms with Gasteiger partial charge in [-0.25, -0.2) is 0 Å². The SMILES string of the molecule is CC(=O)O.CNC1=CCC(C=O)(NC)C=C1. The van der Waals surface area contributed by atoms with Gasteiger partial charge in [0.15, 0.2) is 0 Å². The van der Waals surface area contributed by atoms with E-state index in [4.69, 9.17) is 9.90 Å². The van der Waals surface area contributed by atoms with Gasteiger partial charge in [0, 0.05) is 19.7 Å². The molecule has 5 nitrogen and oxygen atoms in total. The number of allylic oxidation sites excluding steroid dienone is 1. The number of rotatable bonds is 3. The summed E-state index contributed by atoms with van der Waals surface area (Å²) in [6, 6.07) is 0. The summed E-state index contributed by atoms with van der Waals surface area (Å²) in [4.78, 5) is 19.7. The van der Waals surface area contributed by atoms with Crippen LogP contribution >= 0.6 is 0 Å². The van der Waals surface area contributed by atoms with Crippen LogP contribution in [-0.4, -0.2) is 37.0 Å². The van der Waals surface area contributed by atoms with Crippen LogP contribution in [0.4, 0.5) is 0 Å². The van der Waals surface area contributed by atoms with Gasteiger partial charge in [-0.05, 0) is 19.5 Å². The Balaban J connectivity index is 0.000000487. The molecule has 0 spiro atoms. The number of nitrogens with one attached hydrogen (secondary N) is 2. The highest BCUT2D eigenvalue weighted by Gasteiger charge is 2.24. The van der Waals surface area contributed by atoms with Crippen LogP contribution in [0.3, 0.4) is 0 Å². The number of carboxylic acid groups (broad SMARTS) is 1. The van der Waals surface area contributed by atoms with Crippen molar-refractivity contribution in [1.82, 2.24) is 10.6 Å². The molecule has 0 amide bonds. The molecule has 0 heterocycles. The zero-order valence-corrected chi connectivity index (χ0v) is 9.78. The second kappa shape index (κ2) is 6.79. The van der Waals surface area contributed by atoms with E-state index in [1.807, 2.05) is 25.3 Å². The van der Waals surface area contributed by atoms with Gasteiger partial charge in [0.25, 0.3) is 5.97 Å². The maximum absolute atomic E-state index is 10.7. The summed E-state index contributed by atoms with van der Waals surface area (Å²) in [5.41, 5.74) is 0.572. The fourth-order valence-electron chi connectivity index (χ4n) is 1.17. The van der Waals surface area contributed by atoms with E-state index in [-0.39, 0.29) is 0 Å². The number of carbonyl (C=O) groups is 2. The Hall–Kier alpha value is -1.62. The molecule has 3 N–H and O–H groups in total. The highest BCUT2D eigenvalue weighted by Crippen LogP contribution is 2.16. The summed E-state index contributed by atoms with van der Waals surface area (Å²) in [6.07, 6.45) is 7.44. The number of hydrogen-bond donors (Lipinski definition) is 3. The molecule has 90 valence electrons. The first-order valence-corrected chi connectivity index (χ1v) is 4.91. The maximum Gasteiger partial charge on any atom is 0.300 e. The smallest absolute Gasteiger partial charge is 0.300 e. The van der Waals surface area contributed by atoms with E-state index >= 15 is 0 Å². The number of carboxylic acids is 1. The predicted molar refractivity (Wildman–Crippen MR) is 62.1 cm³/mol. The molecule has 0 bridgehead atoms. The highest BCUT2D eigenvalue weighted by atomic mass is 16.4. The Bertz CT molecular complexity index is 306. The van der Waals surface area contributed by atoms with Crippen molar-refractivity contribution in [2.75, 3.05) is 14.1 Å². The number of aldehydes is 1. The van der Waals surface area contributed by atoms with Gasteiger partial charge in [0.1, 0.15) is 6.29 Å². The fourth-order valence-corrected chi connectivity index (χ4v) is 1.17. The van der Waals surface area contributed by atoms with E-state index in [0.717, 1.165) is 18.9 Å². The molecule has 0 fully saturated rings. The highest BCUT2D eigenvalue weighted by molar-refractivity contribution is 5.69. The van der Waals surface area contributed by atoms with E-state index in [2.05, 4.69) is 10.6 Å². The van der Waals surface area contributed by atoms with Crippen LogP contribution in [0.5, 0.6) is 0 Å². The van der Waals surface area contributed by atoms with Crippen molar-refractivity contribution in [2.24, 2.45) is 0 Å². The Morgan fingerprint density at radius 3 is 2.38 bits per heavy atom. The molecule has 0 aromatic heterocycles. The number of hydrogen-bond acceptors (Lipinski definition) is 4. The van der Waals surface area contributed by atoms with Crippen molar-refractivity contribution in [2.45, 2.75) is 18.9 Å². The zero-order chi connectivity index (χ0) is 12.6. The lowest BCUT2D eigenvalue weighted by Gasteiger charge is -2.25. The van der Waals surface area contributed by atoms with E-state index in [1.165, 1.54) is 0 Å². The van der Waals surface area contributed by atoms with E-state index in [0.29, 0.717) is 6.42 Å². The molecule has 0 aliphatic heterocycles. The molecule has 0 aromatic rings. The van der Waals surface area contributed by atoms with Crippen LogP contribution in [0.1, 0.15) is 13.3 Å². The molecule has 0 radical (unpaired) electrons. The summed E-state index contributed by atoms with van der Waals surface area (Å²) in [5, 5.41) is 13.4. The summed E-state index contributed by atoms with van der Waals surface area (Å²) in [6.45, 7) is 1.08. The van der Waals surface area contributed by atoms with Crippen molar-refractivity contribution >= 4 is 12.3 Å². The van der Waals surface area contributed by atoms with Crippen LogP contribution in [-0.2, 0) is 9.59 Å². The van der Waals surface area contributed by atoms with Crippen molar-refractivity contribution in [3.63, 3.8) is 0 Å². The molecule has 1 aliphatic rings. The summed E-state index contributed by atoms with van der Waals surface area (Å²) >= 11 is 0. The van der Waals surface area contributed by atoms with Crippen LogP contribution in [0.2, 0.25) is 0 Å². The van der Waals surface area contributed by atoms with E-state index in [9.17, 15) is 4.79 Å². The molecule has 1 aliphatic carbocycles. The third-order valence-electron chi connectivity index (χ3n) is 2.18. The predicted octanol–water partition coefficient (Wildman–Crippen LogP) is 0.298. The molecule has 1 atom stereocenters. The van der Waals surface area contributed by atoms with Gasteiger partial charge in [0.2, 0.25) is 0 Å². The Morgan fingerprint density at radius 2 is 2.12 bits per heavy atom. The van der Waals surface area contributed by atoms with Crippen molar-refractivity contribution < 1.29 is 14.7 Å². The first kappa shape index (κ1) is 14.4. The van der Waals surface area contributed by atoms with Gasteiger partial charge < -0.3 is 20.5 Å². The van der Waals surface area contributed by atoms with Gasteiger partial charge in [-0.2, -0.15) is 0 Å². The lowest BCUT2D eigenvalue weighted by atomic mass is 9.92. The first-order valence-electron chi connectivity index (χ1n) is 4.91. The second-order valence-electron chi connectivity index (χ2n) is 3.37. The molecule has 16 heavy (non-hydrogen) atoms. The molecule has 5 heteroatoms. The monoisotopic (exact) mass is 226 g/mol. The minimum atomic E-state index is -0.833. The van der Waals surface area contributed by atoms with Crippen molar-refractivity contribution in [3.8, 4) is 0 Å². The van der Waals surface area contributed by atoms with Gasteiger partial charge in [-0.3, -0.25) is 4.79 Å². The van der Waals surface area contributed by atoms with Gasteiger partial charge in [-0.1, -0.05) is 12.2 Å². The number of carbonyl (C=O) groups excluding carboxylic acids is 1. The van der Waals surface area contributed by atoms with Crippen LogP contribution in [0, 0.1) is 0 Å². The number of likely N-dealkylation sites (N-methyl/N-ethyl adjacent to an activating group) is 2. The topological polar surface area (TPSA) is 78.4 Å². The Kier molecular flexibility index (Phi) is 6.10. The van der Waals surface area contributed by atoms with Gasteiger partial charge in [0.05, 0.1) is 5.54 Å². The Labute approximate surface area is 95.2 Å². The van der Waals surface area contributed by atoms with Crippen LogP contribution in [0.25, 0.3) is 0 Å². The quantitative estimate of drug-likeness (QED) is 0.603. The summed E-state index contributed by atoms with van der Waals surface area (Å²) < 4.78 is 0. The molecule has 0 saturated carbocycles. The molecule has 1 unspecified atom stereocenters. The molecule has 0 saturated heterocycles. The minimum absolute atomic E-state index is 0.486. The maximum atomic E-state index is 10.7. The van der Waals surface area contributed by atoms with Gasteiger partial charge >= 0.3 is 0 Å². The van der Waals surface area contributed by atoms with E-state index < -0.39 is 11.5 Å². The second-order valence-corrected chi connectivity index (χ2v) is 3.37. The average molecular weight is 226 g/mol. The normalized spacial score (nSPS) is 22.6. The zero-order valence-electron chi connectivity index (χ0n) is 9.78. The third-order valence-corrected chi connectivity index (χ3v) is 2.18. The minimum Gasteiger partial charge on any atom is -0.481 e. The summed E-state index contributed by atoms with van der Waals surface area (Å²) in [7, 11) is 3.65. The van der Waals surface area contributed by atoms with Crippen LogP contribution in [0.15, 0.2) is 23.9 Å². The summed E-state index contributed by atoms with van der Waals surface area (Å²) in [5.74, 6) is -0.833. The molecular weight excluding hydrogens is 208 g/mol. The number of aliphatic carboxylic acids is 1. The van der Waals surface area contributed by atoms with E-state index in [1.54, 1.807) is 7.05 Å².